The predicted molar refractivity (Wildman–Crippen MR) is 125 cm³/mol. The van der Waals surface area contributed by atoms with Gasteiger partial charge >= 0.3 is 0 Å². The normalized spacial score (nSPS) is 12.3. The van der Waals surface area contributed by atoms with Gasteiger partial charge in [0, 0.05) is 0 Å². The Bertz CT molecular complexity index is 1180. The Kier molecular flexibility index (Phi) is 7.56. The van der Waals surface area contributed by atoms with E-state index in [1.54, 1.807) is 60.7 Å². The molecule has 8 heteroatoms. The maximum absolute atomic E-state index is 13.5. The van der Waals surface area contributed by atoms with Crippen molar-refractivity contribution in [2.75, 3.05) is 0 Å². The number of hydrogen-bond acceptors (Lipinski definition) is 4. The third kappa shape index (κ3) is 4.37. The molecule has 0 aliphatic carbocycles. The minimum absolute atomic E-state index is 0.226. The molecule has 0 fully saturated rings. The van der Waals surface area contributed by atoms with Crippen LogP contribution in [-0.4, -0.2) is 11.6 Å². The highest BCUT2D eigenvalue weighted by Gasteiger charge is 2.36. The molecule has 3 rings (SSSR count). The number of carbonyl (C=O) groups is 2. The summed E-state index contributed by atoms with van der Waals surface area (Å²) < 4.78 is 0. The van der Waals surface area contributed by atoms with Gasteiger partial charge in [-0.3, -0.25) is 9.59 Å². The molecule has 0 aliphatic heterocycles. The molecule has 0 saturated carbocycles. The number of carbonyl (C=O) groups excluding carboxylic acids is 2. The molecule has 2 unspecified atom stereocenters. The second-order valence-electron chi connectivity index (χ2n) is 6.68. The molecule has 2 atom stereocenters. The van der Waals surface area contributed by atoms with Crippen molar-refractivity contribution in [3.63, 3.8) is 0 Å². The number of rotatable bonds is 6. The summed E-state index contributed by atoms with van der Waals surface area (Å²) in [6, 6.07) is 20.4. The number of ketones is 2. The molecule has 3 aromatic carbocycles. The van der Waals surface area contributed by atoms with Crippen LogP contribution < -0.4 is 0 Å². The lowest BCUT2D eigenvalue weighted by atomic mass is 9.84. The summed E-state index contributed by atoms with van der Waals surface area (Å²) in [6.45, 7) is 0. The van der Waals surface area contributed by atoms with Crippen molar-refractivity contribution >= 4 is 58.0 Å². The molecule has 158 valence electrons. The van der Waals surface area contributed by atoms with Crippen LogP contribution in [0.1, 0.15) is 43.7 Å². The van der Waals surface area contributed by atoms with E-state index in [4.69, 9.17) is 46.4 Å². The van der Waals surface area contributed by atoms with E-state index in [1.165, 1.54) is 0 Å². The summed E-state index contributed by atoms with van der Waals surface area (Å²) in [5.74, 6) is -4.13. The van der Waals surface area contributed by atoms with E-state index in [0.717, 1.165) is 0 Å². The van der Waals surface area contributed by atoms with Crippen molar-refractivity contribution in [2.24, 2.45) is 0 Å². The molecule has 3 aromatic rings. The number of nitrogens with zero attached hydrogens (tertiary/aromatic N) is 2. The minimum Gasteiger partial charge on any atom is -0.292 e. The zero-order valence-electron chi connectivity index (χ0n) is 16.2. The smallest absolute Gasteiger partial charge is 0.186 e. The fraction of sp³-hybridized carbons (Fsp3) is 0.0833. The van der Waals surface area contributed by atoms with E-state index < -0.39 is 23.4 Å². The molecule has 0 aromatic heterocycles. The summed E-state index contributed by atoms with van der Waals surface area (Å²) >= 11 is 25.1. The maximum Gasteiger partial charge on any atom is 0.186 e. The molecule has 0 bridgehead atoms. The van der Waals surface area contributed by atoms with Crippen LogP contribution in [-0.2, 0) is 0 Å². The van der Waals surface area contributed by atoms with E-state index in [9.17, 15) is 20.1 Å². The third-order valence-electron chi connectivity index (χ3n) is 4.81. The molecular weight excluding hydrogens is 490 g/mol. The predicted octanol–water partition coefficient (Wildman–Crippen LogP) is 7.28. The largest absolute Gasteiger partial charge is 0.292 e. The van der Waals surface area contributed by atoms with Gasteiger partial charge in [-0.2, -0.15) is 10.5 Å². The average Bonchev–Trinajstić information content (AvgIpc) is 2.82. The van der Waals surface area contributed by atoms with Crippen molar-refractivity contribution in [1.29, 1.82) is 10.5 Å². The van der Waals surface area contributed by atoms with E-state index in [2.05, 4.69) is 0 Å². The lowest BCUT2D eigenvalue weighted by Gasteiger charge is -2.19. The first-order valence-electron chi connectivity index (χ1n) is 9.16. The maximum atomic E-state index is 13.5. The summed E-state index contributed by atoms with van der Waals surface area (Å²) in [7, 11) is 0. The Hall–Kier alpha value is -2.86. The Labute approximate surface area is 204 Å². The molecule has 32 heavy (non-hydrogen) atoms. The average molecular weight is 502 g/mol. The Balaban J connectivity index is 2.26. The fourth-order valence-corrected chi connectivity index (χ4v) is 4.28. The molecular formula is C24H12Cl4N2O2. The number of hydrogen-bond donors (Lipinski definition) is 0. The van der Waals surface area contributed by atoms with Crippen LogP contribution in [0.2, 0.25) is 20.1 Å². The number of benzene rings is 3. The highest BCUT2D eigenvalue weighted by Crippen LogP contribution is 2.44. The first-order valence-corrected chi connectivity index (χ1v) is 10.7. The topological polar surface area (TPSA) is 81.7 Å². The standard InChI is InChI=1S/C24H12Cl4N2O2/c25-19-17(23(31)15(11-29)13-7-3-1-4-8-13)18(20(26)22(28)21(19)27)24(32)16(12-30)14-9-5-2-6-10-14/h1-10,15-16H. The number of nitriles is 2. The SMILES string of the molecule is N#CC(C(=O)c1c(Cl)c(Cl)c(Cl)c(Cl)c1C(=O)C(C#N)c1ccccc1)c1ccccc1. The Morgan fingerprint density at radius 1 is 0.594 bits per heavy atom. The second-order valence-corrected chi connectivity index (χ2v) is 8.19. The summed E-state index contributed by atoms with van der Waals surface area (Å²) in [6.07, 6.45) is 0. The van der Waals surface area contributed by atoms with E-state index in [-0.39, 0.29) is 31.2 Å². The van der Waals surface area contributed by atoms with Crippen LogP contribution in [0.25, 0.3) is 0 Å². The van der Waals surface area contributed by atoms with E-state index in [1.807, 2.05) is 12.1 Å². The Morgan fingerprint density at radius 2 is 0.906 bits per heavy atom. The highest BCUT2D eigenvalue weighted by atomic mass is 35.5. The molecule has 4 nitrogen and oxygen atoms in total. The molecule has 0 aliphatic rings. The highest BCUT2D eigenvalue weighted by molar-refractivity contribution is 6.54. The summed E-state index contributed by atoms with van der Waals surface area (Å²) in [5, 5.41) is 18.4. The van der Waals surface area contributed by atoms with Crippen LogP contribution >= 0.6 is 46.4 Å². The van der Waals surface area contributed by atoms with Gasteiger partial charge in [-0.05, 0) is 11.1 Å². The fourth-order valence-electron chi connectivity index (χ4n) is 3.24. The molecule has 0 radical (unpaired) electrons. The van der Waals surface area contributed by atoms with Gasteiger partial charge in [0.25, 0.3) is 0 Å². The number of halogens is 4. The monoisotopic (exact) mass is 500 g/mol. The zero-order valence-corrected chi connectivity index (χ0v) is 19.2. The van der Waals surface area contributed by atoms with Crippen molar-refractivity contribution in [3.8, 4) is 12.1 Å². The van der Waals surface area contributed by atoms with E-state index >= 15 is 0 Å². The quantitative estimate of drug-likeness (QED) is 0.202. The van der Waals surface area contributed by atoms with Crippen LogP contribution in [0.3, 0.4) is 0 Å². The van der Waals surface area contributed by atoms with Crippen LogP contribution in [0.4, 0.5) is 0 Å². The van der Waals surface area contributed by atoms with E-state index in [0.29, 0.717) is 11.1 Å². The van der Waals surface area contributed by atoms with Gasteiger partial charge in [0.2, 0.25) is 0 Å². The van der Waals surface area contributed by atoms with Crippen molar-refractivity contribution in [3.05, 3.63) is 103 Å². The summed E-state index contributed by atoms with van der Waals surface area (Å²) in [4.78, 5) is 27.0. The molecule has 0 spiro atoms. The number of Topliss-reactive ketones (excluding diaryl/α,β-unsaturated/α-hetero) is 2. The van der Waals surface area contributed by atoms with Crippen LogP contribution in [0.15, 0.2) is 60.7 Å². The van der Waals surface area contributed by atoms with Crippen molar-refractivity contribution in [2.45, 2.75) is 11.8 Å². The van der Waals surface area contributed by atoms with Gasteiger partial charge in [0.15, 0.2) is 11.6 Å². The lowest BCUT2D eigenvalue weighted by Crippen LogP contribution is -2.20. The van der Waals surface area contributed by atoms with Gasteiger partial charge in [-0.1, -0.05) is 107 Å². The zero-order chi connectivity index (χ0) is 23.4. The van der Waals surface area contributed by atoms with Gasteiger partial charge in [0.05, 0.1) is 43.4 Å². The Morgan fingerprint density at radius 3 is 1.19 bits per heavy atom. The van der Waals surface area contributed by atoms with Crippen molar-refractivity contribution < 1.29 is 9.59 Å². The van der Waals surface area contributed by atoms with Crippen LogP contribution in [0, 0.1) is 22.7 Å². The minimum atomic E-state index is -1.29. The van der Waals surface area contributed by atoms with Crippen molar-refractivity contribution in [1.82, 2.24) is 0 Å². The van der Waals surface area contributed by atoms with Gasteiger partial charge in [-0.15, -0.1) is 0 Å². The van der Waals surface area contributed by atoms with Gasteiger partial charge < -0.3 is 0 Å². The molecule has 0 saturated heterocycles. The van der Waals surface area contributed by atoms with Gasteiger partial charge in [-0.25, -0.2) is 0 Å². The molecule has 0 amide bonds. The lowest BCUT2D eigenvalue weighted by molar-refractivity contribution is 0.0946. The summed E-state index contributed by atoms with van der Waals surface area (Å²) in [5.41, 5.74) is 0.110. The first-order chi connectivity index (χ1) is 15.3. The molecule has 0 N–H and O–H groups in total. The third-order valence-corrected chi connectivity index (χ3v) is 6.61. The first kappa shape index (κ1) is 23.8. The molecule has 0 heterocycles. The second kappa shape index (κ2) is 10.2. The van der Waals surface area contributed by atoms with Gasteiger partial charge in [0.1, 0.15) is 11.8 Å². The van der Waals surface area contributed by atoms with Crippen LogP contribution in [0.5, 0.6) is 0 Å².